The molecule has 1 aromatic heterocycles. The standard InChI is InChI=1S/C34H29ClN4O3/c1-4-22(2)39-33(40)30(23(3)31(19-36)34(39)41)18-26-20-38(28-10-6-5-7-11-28)37-32(26)25-9-8-12-29(17-25)42-21-24-13-15-27(35)16-14-24/h5-18,20,22H,4,21H2,1-3H3/b30-18+. The summed E-state index contributed by atoms with van der Waals surface area (Å²) in [5.41, 5.74) is 4.49. The van der Waals surface area contributed by atoms with Gasteiger partial charge in [0.05, 0.1) is 5.69 Å². The molecular formula is C34H29ClN4O3. The van der Waals surface area contributed by atoms with Crippen molar-refractivity contribution >= 4 is 29.5 Å². The fraction of sp³-hybridized carbons (Fsp3) is 0.176. The lowest BCUT2D eigenvalue weighted by atomic mass is 9.92. The second kappa shape index (κ2) is 12.3. The van der Waals surface area contributed by atoms with Crippen LogP contribution in [-0.2, 0) is 16.2 Å². The fourth-order valence-electron chi connectivity index (χ4n) is 4.75. The number of benzene rings is 3. The van der Waals surface area contributed by atoms with Crippen molar-refractivity contribution in [3.8, 4) is 28.8 Å². The molecule has 2 heterocycles. The molecule has 0 radical (unpaired) electrons. The van der Waals surface area contributed by atoms with E-state index in [2.05, 4.69) is 0 Å². The first kappa shape index (κ1) is 28.6. The van der Waals surface area contributed by atoms with Crippen molar-refractivity contribution in [1.29, 1.82) is 5.26 Å². The quantitative estimate of drug-likeness (QED) is 0.164. The zero-order valence-corrected chi connectivity index (χ0v) is 24.3. The van der Waals surface area contributed by atoms with Crippen LogP contribution in [0.2, 0.25) is 5.02 Å². The zero-order chi connectivity index (χ0) is 29.8. The van der Waals surface area contributed by atoms with E-state index in [1.54, 1.807) is 24.6 Å². The summed E-state index contributed by atoms with van der Waals surface area (Å²) < 4.78 is 7.82. The van der Waals surface area contributed by atoms with Crippen molar-refractivity contribution in [2.24, 2.45) is 0 Å². The minimum atomic E-state index is -0.558. The number of halogens is 1. The lowest BCUT2D eigenvalue weighted by Crippen LogP contribution is -2.47. The Hall–Kier alpha value is -4.93. The van der Waals surface area contributed by atoms with Crippen molar-refractivity contribution in [2.45, 2.75) is 39.8 Å². The van der Waals surface area contributed by atoms with Gasteiger partial charge in [-0.2, -0.15) is 10.4 Å². The summed E-state index contributed by atoms with van der Waals surface area (Å²) in [6, 6.07) is 26.4. The minimum absolute atomic E-state index is 0.0317. The van der Waals surface area contributed by atoms with Crippen LogP contribution >= 0.6 is 11.6 Å². The molecule has 210 valence electrons. The molecule has 0 fully saturated rings. The van der Waals surface area contributed by atoms with Crippen molar-refractivity contribution in [3.63, 3.8) is 0 Å². The highest BCUT2D eigenvalue weighted by molar-refractivity contribution is 6.30. The van der Waals surface area contributed by atoms with E-state index in [1.165, 1.54) is 4.90 Å². The maximum Gasteiger partial charge on any atom is 0.271 e. The fourth-order valence-corrected chi connectivity index (χ4v) is 4.87. The number of imide groups is 1. The molecule has 0 aliphatic carbocycles. The predicted molar refractivity (Wildman–Crippen MR) is 163 cm³/mol. The van der Waals surface area contributed by atoms with Gasteiger partial charge in [0.1, 0.15) is 29.7 Å². The van der Waals surface area contributed by atoms with E-state index >= 15 is 0 Å². The molecule has 42 heavy (non-hydrogen) atoms. The summed E-state index contributed by atoms with van der Waals surface area (Å²) in [5, 5.41) is 15.4. The number of aromatic nitrogens is 2. The van der Waals surface area contributed by atoms with Gasteiger partial charge >= 0.3 is 0 Å². The number of rotatable bonds is 8. The average Bonchev–Trinajstić information content (AvgIpc) is 3.44. The summed E-state index contributed by atoms with van der Waals surface area (Å²) in [6.07, 6.45) is 4.14. The second-order valence-corrected chi connectivity index (χ2v) is 10.5. The van der Waals surface area contributed by atoms with Gasteiger partial charge in [-0.15, -0.1) is 0 Å². The van der Waals surface area contributed by atoms with E-state index in [0.29, 0.717) is 40.6 Å². The third-order valence-electron chi connectivity index (χ3n) is 7.29. The van der Waals surface area contributed by atoms with E-state index in [0.717, 1.165) is 16.8 Å². The molecule has 0 bridgehead atoms. The molecular weight excluding hydrogens is 548 g/mol. The molecule has 1 aliphatic heterocycles. The van der Waals surface area contributed by atoms with Gasteiger partial charge in [0.25, 0.3) is 11.8 Å². The molecule has 4 aromatic rings. The smallest absolute Gasteiger partial charge is 0.271 e. The van der Waals surface area contributed by atoms with E-state index < -0.39 is 11.8 Å². The minimum Gasteiger partial charge on any atom is -0.489 e. The second-order valence-electron chi connectivity index (χ2n) is 10.1. The average molecular weight is 577 g/mol. The van der Waals surface area contributed by atoms with Crippen LogP contribution in [0.15, 0.2) is 102 Å². The Balaban J connectivity index is 1.59. The number of carbonyl (C=O) groups excluding carboxylic acids is 2. The SMILES string of the molecule is CCC(C)N1C(=O)C(C#N)=C(C)/C(=C\c2cn(-c3ccccc3)nc2-c2cccc(OCc3ccc(Cl)cc3)c2)C1=O. The van der Waals surface area contributed by atoms with Crippen LogP contribution in [-0.4, -0.2) is 32.5 Å². The number of ether oxygens (including phenoxy) is 1. The monoisotopic (exact) mass is 576 g/mol. The van der Waals surface area contributed by atoms with Gasteiger partial charge in [0.15, 0.2) is 0 Å². The Labute approximate surface area is 249 Å². The molecule has 2 amide bonds. The molecule has 8 heteroatoms. The lowest BCUT2D eigenvalue weighted by molar-refractivity contribution is -0.142. The van der Waals surface area contributed by atoms with Crippen LogP contribution in [0.5, 0.6) is 5.75 Å². The third-order valence-corrected chi connectivity index (χ3v) is 7.55. The van der Waals surface area contributed by atoms with Crippen LogP contribution in [0.3, 0.4) is 0 Å². The first-order valence-corrected chi connectivity index (χ1v) is 14.0. The summed E-state index contributed by atoms with van der Waals surface area (Å²) in [4.78, 5) is 27.9. The van der Waals surface area contributed by atoms with Crippen molar-refractivity contribution in [2.75, 3.05) is 0 Å². The van der Waals surface area contributed by atoms with Crippen LogP contribution < -0.4 is 4.74 Å². The molecule has 5 rings (SSSR count). The van der Waals surface area contributed by atoms with Crippen molar-refractivity contribution in [3.05, 3.63) is 118 Å². The molecule has 0 N–H and O–H groups in total. The zero-order valence-electron chi connectivity index (χ0n) is 23.5. The van der Waals surface area contributed by atoms with Gasteiger partial charge in [0, 0.05) is 34.0 Å². The molecule has 1 atom stereocenters. The van der Waals surface area contributed by atoms with Crippen molar-refractivity contribution in [1.82, 2.24) is 14.7 Å². The number of nitriles is 1. The highest BCUT2D eigenvalue weighted by atomic mass is 35.5. The van der Waals surface area contributed by atoms with E-state index in [1.807, 2.05) is 98.1 Å². The Morgan fingerprint density at radius 1 is 1.02 bits per heavy atom. The van der Waals surface area contributed by atoms with Crippen LogP contribution in [0, 0.1) is 11.3 Å². The predicted octanol–water partition coefficient (Wildman–Crippen LogP) is 7.16. The topological polar surface area (TPSA) is 88.2 Å². The maximum atomic E-state index is 13.7. The lowest BCUT2D eigenvalue weighted by Gasteiger charge is -2.31. The number of para-hydroxylation sites is 1. The summed E-state index contributed by atoms with van der Waals surface area (Å²) in [5.74, 6) is -0.331. The number of hydrogen-bond donors (Lipinski definition) is 0. The largest absolute Gasteiger partial charge is 0.489 e. The maximum absolute atomic E-state index is 13.7. The molecule has 0 saturated carbocycles. The first-order chi connectivity index (χ1) is 20.3. The van der Waals surface area contributed by atoms with Crippen molar-refractivity contribution < 1.29 is 14.3 Å². The number of amides is 2. The Kier molecular flexibility index (Phi) is 8.37. The molecule has 1 aliphatic rings. The third kappa shape index (κ3) is 5.76. The highest BCUT2D eigenvalue weighted by Crippen LogP contribution is 2.33. The van der Waals surface area contributed by atoms with Gasteiger partial charge in [-0.3, -0.25) is 14.5 Å². The molecule has 7 nitrogen and oxygen atoms in total. The Bertz CT molecular complexity index is 1750. The highest BCUT2D eigenvalue weighted by Gasteiger charge is 2.37. The normalized spacial score (nSPS) is 15.2. The Morgan fingerprint density at radius 3 is 2.45 bits per heavy atom. The van der Waals surface area contributed by atoms with Gasteiger partial charge in [-0.05, 0) is 73.9 Å². The molecule has 0 spiro atoms. The number of carbonyl (C=O) groups is 2. The summed E-state index contributed by atoms with van der Waals surface area (Å²) >= 11 is 6.01. The van der Waals surface area contributed by atoms with Gasteiger partial charge in [0.2, 0.25) is 0 Å². The summed E-state index contributed by atoms with van der Waals surface area (Å²) in [6.45, 7) is 5.71. The Morgan fingerprint density at radius 2 is 1.76 bits per heavy atom. The van der Waals surface area contributed by atoms with Crippen LogP contribution in [0.25, 0.3) is 23.0 Å². The van der Waals surface area contributed by atoms with E-state index in [4.69, 9.17) is 21.4 Å². The molecule has 0 saturated heterocycles. The van der Waals surface area contributed by atoms with Gasteiger partial charge in [-0.25, -0.2) is 4.68 Å². The van der Waals surface area contributed by atoms with E-state index in [9.17, 15) is 14.9 Å². The molecule has 3 aromatic carbocycles. The first-order valence-electron chi connectivity index (χ1n) is 13.6. The van der Waals surface area contributed by atoms with Crippen LogP contribution in [0.1, 0.15) is 38.3 Å². The van der Waals surface area contributed by atoms with Gasteiger partial charge in [-0.1, -0.05) is 61.0 Å². The van der Waals surface area contributed by atoms with Gasteiger partial charge < -0.3 is 4.74 Å². The van der Waals surface area contributed by atoms with Crippen LogP contribution in [0.4, 0.5) is 0 Å². The van der Waals surface area contributed by atoms with E-state index in [-0.39, 0.29) is 17.2 Å². The molecule has 1 unspecified atom stereocenters. The number of nitrogens with zero attached hydrogens (tertiary/aromatic N) is 4. The number of hydrogen-bond acceptors (Lipinski definition) is 5. The summed E-state index contributed by atoms with van der Waals surface area (Å²) in [7, 11) is 0.